The number of ether oxygens (including phenoxy) is 1. The lowest BCUT2D eigenvalue weighted by atomic mass is 10.1. The average molecular weight is 249 g/mol. The quantitative estimate of drug-likeness (QED) is 0.822. The molecule has 1 aliphatic heterocycles. The van der Waals surface area contributed by atoms with E-state index in [0.717, 1.165) is 18.7 Å². The van der Waals surface area contributed by atoms with E-state index in [4.69, 9.17) is 4.74 Å². The predicted molar refractivity (Wildman–Crippen MR) is 68.0 cm³/mol. The van der Waals surface area contributed by atoms with E-state index in [2.05, 4.69) is 15.6 Å². The summed E-state index contributed by atoms with van der Waals surface area (Å²) in [5.41, 5.74) is 1.01. The van der Waals surface area contributed by atoms with Gasteiger partial charge in [-0.05, 0) is 18.6 Å². The first-order valence-electron chi connectivity index (χ1n) is 6.26. The molecule has 18 heavy (non-hydrogen) atoms. The maximum Gasteiger partial charge on any atom is 0.222 e. The fourth-order valence-corrected chi connectivity index (χ4v) is 1.99. The van der Waals surface area contributed by atoms with Crippen molar-refractivity contribution in [2.75, 3.05) is 19.8 Å². The summed E-state index contributed by atoms with van der Waals surface area (Å²) in [7, 11) is 0. The Morgan fingerprint density at radius 1 is 1.72 bits per heavy atom. The van der Waals surface area contributed by atoms with E-state index in [1.54, 1.807) is 12.4 Å². The molecule has 1 fully saturated rings. The number of hydrogen-bond acceptors (Lipinski definition) is 4. The van der Waals surface area contributed by atoms with Crippen LogP contribution in [0.25, 0.3) is 0 Å². The molecule has 1 aromatic heterocycles. The van der Waals surface area contributed by atoms with Crippen molar-refractivity contribution in [2.45, 2.75) is 25.4 Å². The van der Waals surface area contributed by atoms with Crippen LogP contribution in [0.3, 0.4) is 0 Å². The summed E-state index contributed by atoms with van der Waals surface area (Å²) >= 11 is 0. The lowest BCUT2D eigenvalue weighted by molar-refractivity contribution is -0.122. The molecule has 98 valence electrons. The third kappa shape index (κ3) is 3.78. The topological polar surface area (TPSA) is 63.2 Å². The smallest absolute Gasteiger partial charge is 0.222 e. The van der Waals surface area contributed by atoms with Crippen molar-refractivity contribution in [1.82, 2.24) is 15.6 Å². The molecule has 1 aliphatic rings. The number of nitrogens with zero attached hydrogens (tertiary/aromatic N) is 1. The van der Waals surface area contributed by atoms with Crippen LogP contribution in [0.2, 0.25) is 0 Å². The summed E-state index contributed by atoms with van der Waals surface area (Å²) in [5, 5.41) is 6.23. The van der Waals surface area contributed by atoms with E-state index >= 15 is 0 Å². The molecule has 0 saturated carbocycles. The molecule has 2 atom stereocenters. The van der Waals surface area contributed by atoms with Gasteiger partial charge in [0.25, 0.3) is 0 Å². The molecular weight excluding hydrogens is 230 g/mol. The van der Waals surface area contributed by atoms with Gasteiger partial charge >= 0.3 is 0 Å². The molecule has 0 aromatic carbocycles. The summed E-state index contributed by atoms with van der Waals surface area (Å²) in [6.07, 6.45) is 3.94. The van der Waals surface area contributed by atoms with Gasteiger partial charge < -0.3 is 15.4 Å². The lowest BCUT2D eigenvalue weighted by Gasteiger charge is -2.24. The van der Waals surface area contributed by atoms with E-state index in [1.807, 2.05) is 19.1 Å². The van der Waals surface area contributed by atoms with Crippen LogP contribution in [0.5, 0.6) is 0 Å². The summed E-state index contributed by atoms with van der Waals surface area (Å²) in [5.74, 6) is 0.0364. The third-order valence-corrected chi connectivity index (χ3v) is 2.99. The molecule has 0 aliphatic carbocycles. The van der Waals surface area contributed by atoms with Crippen LogP contribution in [-0.4, -0.2) is 36.7 Å². The maximum atomic E-state index is 11.9. The highest BCUT2D eigenvalue weighted by molar-refractivity contribution is 5.77. The normalized spacial score (nSPS) is 21.3. The van der Waals surface area contributed by atoms with E-state index in [0.29, 0.717) is 13.0 Å². The zero-order valence-corrected chi connectivity index (χ0v) is 10.6. The van der Waals surface area contributed by atoms with Crippen molar-refractivity contribution in [3.8, 4) is 0 Å². The molecule has 0 radical (unpaired) electrons. The van der Waals surface area contributed by atoms with Crippen LogP contribution in [0.4, 0.5) is 0 Å². The lowest BCUT2D eigenvalue weighted by Crippen LogP contribution is -2.44. The predicted octanol–water partition coefficient (Wildman–Crippen LogP) is 0.637. The van der Waals surface area contributed by atoms with Crippen LogP contribution in [0, 0.1) is 0 Å². The fraction of sp³-hybridized carbons (Fsp3) is 0.538. The van der Waals surface area contributed by atoms with Crippen LogP contribution in [-0.2, 0) is 9.53 Å². The number of amides is 1. The molecule has 0 spiro atoms. The van der Waals surface area contributed by atoms with Gasteiger partial charge in [-0.25, -0.2) is 0 Å². The van der Waals surface area contributed by atoms with Gasteiger partial charge in [-0.1, -0.05) is 6.07 Å². The van der Waals surface area contributed by atoms with Gasteiger partial charge in [-0.3, -0.25) is 9.78 Å². The molecule has 2 heterocycles. The van der Waals surface area contributed by atoms with E-state index in [1.165, 1.54) is 0 Å². The Labute approximate surface area is 107 Å². The van der Waals surface area contributed by atoms with Crippen LogP contribution < -0.4 is 10.6 Å². The number of rotatable bonds is 4. The van der Waals surface area contributed by atoms with Crippen molar-refractivity contribution in [2.24, 2.45) is 0 Å². The Balaban J connectivity index is 1.80. The van der Waals surface area contributed by atoms with Crippen LogP contribution in [0.1, 0.15) is 24.9 Å². The number of hydrogen-bond donors (Lipinski definition) is 2. The second-order valence-electron chi connectivity index (χ2n) is 4.51. The minimum Gasteiger partial charge on any atom is -0.378 e. The highest BCUT2D eigenvalue weighted by Crippen LogP contribution is 2.10. The number of morpholine rings is 1. The molecule has 1 amide bonds. The minimum absolute atomic E-state index is 0.0179. The largest absolute Gasteiger partial charge is 0.378 e. The van der Waals surface area contributed by atoms with Crippen molar-refractivity contribution in [3.63, 3.8) is 0 Å². The molecule has 1 aromatic rings. The first-order valence-corrected chi connectivity index (χ1v) is 6.26. The van der Waals surface area contributed by atoms with Crippen molar-refractivity contribution in [3.05, 3.63) is 30.1 Å². The van der Waals surface area contributed by atoms with Gasteiger partial charge in [0.15, 0.2) is 0 Å². The molecule has 0 bridgehead atoms. The third-order valence-electron chi connectivity index (χ3n) is 2.99. The zero-order chi connectivity index (χ0) is 12.8. The van der Waals surface area contributed by atoms with Gasteiger partial charge in [0.05, 0.1) is 19.3 Å². The summed E-state index contributed by atoms with van der Waals surface area (Å²) < 4.78 is 5.32. The van der Waals surface area contributed by atoms with Gasteiger partial charge in [0.1, 0.15) is 0 Å². The molecule has 5 heteroatoms. The highest BCUT2D eigenvalue weighted by atomic mass is 16.5. The number of nitrogens with one attached hydrogen (secondary N) is 2. The van der Waals surface area contributed by atoms with E-state index in [-0.39, 0.29) is 18.0 Å². The van der Waals surface area contributed by atoms with Gasteiger partial charge in [0.2, 0.25) is 5.91 Å². The Kier molecular flexibility index (Phi) is 4.66. The van der Waals surface area contributed by atoms with Crippen molar-refractivity contribution >= 4 is 5.91 Å². The van der Waals surface area contributed by atoms with E-state index in [9.17, 15) is 4.79 Å². The molecule has 2 N–H and O–H groups in total. The molecule has 1 saturated heterocycles. The fourth-order valence-electron chi connectivity index (χ4n) is 1.99. The SMILES string of the molecule is CC(NC(=O)CC1COCCN1)c1cccnc1. The Hall–Kier alpha value is -1.46. The summed E-state index contributed by atoms with van der Waals surface area (Å²) in [6, 6.07) is 3.93. The highest BCUT2D eigenvalue weighted by Gasteiger charge is 2.18. The Bertz CT molecular complexity index is 377. The summed E-state index contributed by atoms with van der Waals surface area (Å²) in [6.45, 7) is 4.11. The molecule has 2 rings (SSSR count). The maximum absolute atomic E-state index is 11.9. The second-order valence-corrected chi connectivity index (χ2v) is 4.51. The number of carbonyl (C=O) groups is 1. The second kappa shape index (κ2) is 6.47. The molecule has 2 unspecified atom stereocenters. The van der Waals surface area contributed by atoms with E-state index < -0.39 is 0 Å². The number of pyridine rings is 1. The number of carbonyl (C=O) groups excluding carboxylic acids is 1. The van der Waals surface area contributed by atoms with Crippen molar-refractivity contribution < 1.29 is 9.53 Å². The average Bonchev–Trinajstić information content (AvgIpc) is 2.40. The molecular formula is C13H19N3O2. The minimum atomic E-state index is -0.0179. The van der Waals surface area contributed by atoms with Gasteiger partial charge in [-0.2, -0.15) is 0 Å². The summed E-state index contributed by atoms with van der Waals surface area (Å²) in [4.78, 5) is 15.9. The first-order chi connectivity index (χ1) is 8.75. The van der Waals surface area contributed by atoms with Gasteiger partial charge in [-0.15, -0.1) is 0 Å². The molecule has 5 nitrogen and oxygen atoms in total. The van der Waals surface area contributed by atoms with Crippen LogP contribution in [0.15, 0.2) is 24.5 Å². The monoisotopic (exact) mass is 249 g/mol. The standard InChI is InChI=1S/C13H19N3O2/c1-10(11-3-2-4-14-8-11)16-13(17)7-12-9-18-6-5-15-12/h2-4,8,10,12,15H,5-7,9H2,1H3,(H,16,17). The Morgan fingerprint density at radius 3 is 3.28 bits per heavy atom. The Morgan fingerprint density at radius 2 is 2.61 bits per heavy atom. The zero-order valence-electron chi connectivity index (χ0n) is 10.6. The van der Waals surface area contributed by atoms with Crippen molar-refractivity contribution in [1.29, 1.82) is 0 Å². The number of aromatic nitrogens is 1. The first kappa shape index (κ1) is 13.0. The van der Waals surface area contributed by atoms with Crippen LogP contribution >= 0.6 is 0 Å². The van der Waals surface area contributed by atoms with Gasteiger partial charge in [0, 0.05) is 31.4 Å².